The fraction of sp³-hybridized carbons (Fsp3) is 0.385. The fourth-order valence-electron chi connectivity index (χ4n) is 2.31. The van der Waals surface area contributed by atoms with E-state index in [4.69, 9.17) is 10.00 Å². The number of fused-ring (bicyclic) bond motifs is 1. The first kappa shape index (κ1) is 10.3. The van der Waals surface area contributed by atoms with Crippen molar-refractivity contribution in [2.24, 2.45) is 0 Å². The van der Waals surface area contributed by atoms with E-state index >= 15 is 0 Å². The molecule has 3 rings (SSSR count). The fourth-order valence-corrected chi connectivity index (χ4v) is 2.31. The van der Waals surface area contributed by atoms with Gasteiger partial charge in [-0.15, -0.1) is 0 Å². The first-order valence-corrected chi connectivity index (χ1v) is 5.85. The maximum atomic E-state index is 9.03. The molecule has 0 saturated carbocycles. The maximum Gasteiger partial charge on any atom is 0.110 e. The predicted octanol–water partition coefficient (Wildman–Crippen LogP) is 2.33. The molecule has 1 aliphatic heterocycles. The number of rotatable bonds is 1. The maximum absolute atomic E-state index is 9.03. The lowest BCUT2D eigenvalue weighted by atomic mass is 10.00. The normalized spacial score (nSPS) is 17.1. The second-order valence-corrected chi connectivity index (χ2v) is 4.32. The summed E-state index contributed by atoms with van der Waals surface area (Å²) in [5, 5.41) is 9.03. The van der Waals surface area contributed by atoms with Gasteiger partial charge >= 0.3 is 0 Å². The molecule has 0 atom stereocenters. The largest absolute Gasteiger partial charge is 0.381 e. The van der Waals surface area contributed by atoms with Crippen molar-refractivity contribution >= 4 is 11.0 Å². The Morgan fingerprint density at radius 1 is 1.35 bits per heavy atom. The van der Waals surface area contributed by atoms with Gasteiger partial charge in [-0.1, -0.05) is 6.07 Å². The third kappa shape index (κ3) is 1.79. The van der Waals surface area contributed by atoms with Crippen molar-refractivity contribution in [1.82, 2.24) is 9.97 Å². The van der Waals surface area contributed by atoms with E-state index in [2.05, 4.69) is 16.0 Å². The zero-order valence-corrected chi connectivity index (χ0v) is 9.44. The number of aromatic amines is 1. The summed E-state index contributed by atoms with van der Waals surface area (Å²) in [7, 11) is 0. The SMILES string of the molecule is N#Cc1cccc2[nH]c(C3CCOCC3)nc12. The summed E-state index contributed by atoms with van der Waals surface area (Å²) in [4.78, 5) is 7.90. The van der Waals surface area contributed by atoms with E-state index in [1.54, 1.807) is 6.07 Å². The van der Waals surface area contributed by atoms with E-state index in [1.165, 1.54) is 0 Å². The van der Waals surface area contributed by atoms with Crippen LogP contribution in [-0.4, -0.2) is 23.2 Å². The summed E-state index contributed by atoms with van der Waals surface area (Å²) < 4.78 is 5.35. The highest BCUT2D eigenvalue weighted by Gasteiger charge is 2.19. The zero-order valence-electron chi connectivity index (χ0n) is 9.44. The van der Waals surface area contributed by atoms with Gasteiger partial charge in [0.05, 0.1) is 11.1 Å². The molecule has 1 fully saturated rings. The molecule has 1 aromatic heterocycles. The Kier molecular flexibility index (Phi) is 2.54. The van der Waals surface area contributed by atoms with Crippen molar-refractivity contribution in [3.8, 4) is 6.07 Å². The number of para-hydroxylation sites is 1. The van der Waals surface area contributed by atoms with Crippen molar-refractivity contribution in [2.45, 2.75) is 18.8 Å². The molecule has 17 heavy (non-hydrogen) atoms. The first-order chi connectivity index (χ1) is 8.38. The molecular formula is C13H13N3O. The van der Waals surface area contributed by atoms with Gasteiger partial charge in [0.15, 0.2) is 0 Å². The highest BCUT2D eigenvalue weighted by atomic mass is 16.5. The van der Waals surface area contributed by atoms with Crippen LogP contribution in [0.1, 0.15) is 30.1 Å². The number of nitriles is 1. The van der Waals surface area contributed by atoms with Crippen LogP contribution in [0.15, 0.2) is 18.2 Å². The molecule has 2 heterocycles. The number of hydrogen-bond acceptors (Lipinski definition) is 3. The highest BCUT2D eigenvalue weighted by Crippen LogP contribution is 2.27. The summed E-state index contributed by atoms with van der Waals surface area (Å²) >= 11 is 0. The van der Waals surface area contributed by atoms with Gasteiger partial charge in [0.25, 0.3) is 0 Å². The van der Waals surface area contributed by atoms with Crippen LogP contribution in [0.3, 0.4) is 0 Å². The summed E-state index contributed by atoms with van der Waals surface area (Å²) in [5.74, 6) is 1.42. The lowest BCUT2D eigenvalue weighted by Crippen LogP contribution is -2.15. The number of benzene rings is 1. The standard InChI is InChI=1S/C13H13N3O/c14-8-10-2-1-3-11-12(10)16-13(15-11)9-4-6-17-7-5-9/h1-3,9H,4-7H2,(H,15,16). The van der Waals surface area contributed by atoms with Gasteiger partial charge < -0.3 is 9.72 Å². The van der Waals surface area contributed by atoms with E-state index < -0.39 is 0 Å². The van der Waals surface area contributed by atoms with Gasteiger partial charge in [-0.25, -0.2) is 4.98 Å². The van der Waals surface area contributed by atoms with Crippen LogP contribution in [0, 0.1) is 11.3 Å². The van der Waals surface area contributed by atoms with Gasteiger partial charge in [0.2, 0.25) is 0 Å². The molecule has 1 saturated heterocycles. The number of aromatic nitrogens is 2. The molecular weight excluding hydrogens is 214 g/mol. The Labute approximate surface area is 99.2 Å². The average molecular weight is 227 g/mol. The van der Waals surface area contributed by atoms with E-state index in [1.807, 2.05) is 12.1 Å². The van der Waals surface area contributed by atoms with Gasteiger partial charge in [-0.05, 0) is 25.0 Å². The van der Waals surface area contributed by atoms with E-state index in [9.17, 15) is 0 Å². The van der Waals surface area contributed by atoms with E-state index in [0.29, 0.717) is 11.5 Å². The van der Waals surface area contributed by atoms with Crippen LogP contribution in [0.2, 0.25) is 0 Å². The number of hydrogen-bond donors (Lipinski definition) is 1. The molecule has 0 spiro atoms. The third-order valence-electron chi connectivity index (χ3n) is 3.26. The molecule has 0 unspecified atom stereocenters. The molecule has 2 aromatic rings. The second kappa shape index (κ2) is 4.19. The van der Waals surface area contributed by atoms with Crippen LogP contribution >= 0.6 is 0 Å². The summed E-state index contributed by atoms with van der Waals surface area (Å²) in [6, 6.07) is 7.83. The number of H-pyrrole nitrogens is 1. The molecule has 1 N–H and O–H groups in total. The quantitative estimate of drug-likeness (QED) is 0.813. The monoisotopic (exact) mass is 227 g/mol. The van der Waals surface area contributed by atoms with Gasteiger partial charge in [0, 0.05) is 19.1 Å². The molecule has 4 heteroatoms. The van der Waals surface area contributed by atoms with Gasteiger partial charge in [-0.3, -0.25) is 0 Å². The smallest absolute Gasteiger partial charge is 0.110 e. The Balaban J connectivity index is 2.04. The second-order valence-electron chi connectivity index (χ2n) is 4.32. The van der Waals surface area contributed by atoms with Crippen LogP contribution in [0.4, 0.5) is 0 Å². The van der Waals surface area contributed by atoms with E-state index in [-0.39, 0.29) is 0 Å². The van der Waals surface area contributed by atoms with Crippen LogP contribution < -0.4 is 0 Å². The van der Waals surface area contributed by atoms with Gasteiger partial charge in [-0.2, -0.15) is 5.26 Å². The zero-order chi connectivity index (χ0) is 11.7. The highest BCUT2D eigenvalue weighted by molar-refractivity contribution is 5.81. The van der Waals surface area contributed by atoms with Crippen LogP contribution in [0.5, 0.6) is 0 Å². The van der Waals surface area contributed by atoms with Crippen LogP contribution in [-0.2, 0) is 4.74 Å². The van der Waals surface area contributed by atoms with Crippen LogP contribution in [0.25, 0.3) is 11.0 Å². The Hall–Kier alpha value is -1.86. The van der Waals surface area contributed by atoms with E-state index in [0.717, 1.165) is 42.9 Å². The molecule has 86 valence electrons. The predicted molar refractivity (Wildman–Crippen MR) is 63.6 cm³/mol. The molecule has 1 aromatic carbocycles. The number of imidazole rings is 1. The van der Waals surface area contributed by atoms with Crippen molar-refractivity contribution in [3.05, 3.63) is 29.6 Å². The average Bonchev–Trinajstić information content (AvgIpc) is 2.83. The molecule has 0 amide bonds. The molecule has 0 aliphatic carbocycles. The topological polar surface area (TPSA) is 61.7 Å². The number of ether oxygens (including phenoxy) is 1. The first-order valence-electron chi connectivity index (χ1n) is 5.85. The number of nitrogens with one attached hydrogen (secondary N) is 1. The molecule has 0 radical (unpaired) electrons. The molecule has 4 nitrogen and oxygen atoms in total. The lowest BCUT2D eigenvalue weighted by molar-refractivity contribution is 0.0838. The Morgan fingerprint density at radius 3 is 2.94 bits per heavy atom. The van der Waals surface area contributed by atoms with Crippen molar-refractivity contribution in [2.75, 3.05) is 13.2 Å². The van der Waals surface area contributed by atoms with Gasteiger partial charge in [0.1, 0.15) is 17.4 Å². The Morgan fingerprint density at radius 2 is 2.18 bits per heavy atom. The Bertz CT molecular complexity index is 576. The minimum absolute atomic E-state index is 0.433. The number of nitrogens with zero attached hydrogens (tertiary/aromatic N) is 2. The molecule has 0 bridgehead atoms. The third-order valence-corrected chi connectivity index (χ3v) is 3.26. The molecule has 1 aliphatic rings. The minimum atomic E-state index is 0.433. The minimum Gasteiger partial charge on any atom is -0.381 e. The van der Waals surface area contributed by atoms with Crippen molar-refractivity contribution < 1.29 is 4.74 Å². The van der Waals surface area contributed by atoms with Crippen molar-refractivity contribution in [3.63, 3.8) is 0 Å². The lowest BCUT2D eigenvalue weighted by Gasteiger charge is -2.19. The summed E-state index contributed by atoms with van der Waals surface area (Å²) in [6.45, 7) is 1.60. The summed E-state index contributed by atoms with van der Waals surface area (Å²) in [6.07, 6.45) is 2.00. The van der Waals surface area contributed by atoms with Crippen molar-refractivity contribution in [1.29, 1.82) is 5.26 Å². The summed E-state index contributed by atoms with van der Waals surface area (Å²) in [5.41, 5.74) is 2.37.